The van der Waals surface area contributed by atoms with Gasteiger partial charge in [0.15, 0.2) is 0 Å². The lowest BCUT2D eigenvalue weighted by atomic mass is 10.0. The van der Waals surface area contributed by atoms with Crippen LogP contribution in [0.2, 0.25) is 0 Å². The van der Waals surface area contributed by atoms with E-state index in [9.17, 15) is 4.79 Å². The minimum Gasteiger partial charge on any atom is -0.487 e. The third-order valence-electron chi connectivity index (χ3n) is 4.68. The Morgan fingerprint density at radius 1 is 1.17 bits per heavy atom. The van der Waals surface area contributed by atoms with Crippen molar-refractivity contribution in [2.45, 2.75) is 33.3 Å². The Morgan fingerprint density at radius 3 is 2.80 bits per heavy atom. The van der Waals surface area contributed by atoms with Gasteiger partial charge in [0.25, 0.3) is 11.6 Å². The molecule has 0 unspecified atom stereocenters. The minimum atomic E-state index is -0.252. The second kappa shape index (κ2) is 8.32. The Labute approximate surface area is 174 Å². The molecule has 0 spiro atoms. The quantitative estimate of drug-likeness (QED) is 0.494. The zero-order chi connectivity index (χ0) is 21.1. The van der Waals surface area contributed by atoms with E-state index < -0.39 is 0 Å². The zero-order valence-corrected chi connectivity index (χ0v) is 17.0. The number of rotatable bonds is 6. The molecule has 0 radical (unpaired) electrons. The topological polar surface area (TPSA) is 90.1 Å². The van der Waals surface area contributed by atoms with Gasteiger partial charge in [-0.25, -0.2) is 4.98 Å². The molecule has 1 N–H and O–H groups in total. The highest BCUT2D eigenvalue weighted by Gasteiger charge is 2.20. The van der Waals surface area contributed by atoms with Crippen molar-refractivity contribution in [1.29, 1.82) is 0 Å². The summed E-state index contributed by atoms with van der Waals surface area (Å²) in [5, 5.41) is 7.53. The van der Waals surface area contributed by atoms with Crippen LogP contribution in [-0.4, -0.2) is 21.0 Å². The molecule has 30 heavy (non-hydrogen) atoms. The van der Waals surface area contributed by atoms with Gasteiger partial charge in [-0.05, 0) is 43.2 Å². The van der Waals surface area contributed by atoms with Crippen LogP contribution in [0.25, 0.3) is 11.1 Å². The number of carbonyl (C=O) groups is 1. The average Bonchev–Trinajstić information content (AvgIpc) is 3.13. The van der Waals surface area contributed by atoms with Crippen LogP contribution in [-0.2, 0) is 6.61 Å². The Morgan fingerprint density at radius 2 is 2.03 bits per heavy atom. The summed E-state index contributed by atoms with van der Waals surface area (Å²) in [7, 11) is 0. The first-order chi connectivity index (χ1) is 14.5. The second-order valence-electron chi connectivity index (χ2n) is 7.29. The Bertz CT molecular complexity index is 1190. The number of anilines is 1. The number of benzene rings is 1. The van der Waals surface area contributed by atoms with Gasteiger partial charge in [-0.3, -0.25) is 9.78 Å². The third-order valence-corrected chi connectivity index (χ3v) is 4.68. The highest BCUT2D eigenvalue weighted by Crippen LogP contribution is 2.26. The van der Waals surface area contributed by atoms with Crippen LogP contribution < -0.4 is 10.1 Å². The minimum absolute atomic E-state index is 0.148. The van der Waals surface area contributed by atoms with E-state index in [0.29, 0.717) is 40.4 Å². The van der Waals surface area contributed by atoms with Crippen LogP contribution in [0.15, 0.2) is 59.3 Å². The van der Waals surface area contributed by atoms with Crippen molar-refractivity contribution >= 4 is 22.7 Å². The summed E-state index contributed by atoms with van der Waals surface area (Å²) >= 11 is 0. The normalized spacial score (nSPS) is 11.1. The molecule has 0 saturated heterocycles. The largest absolute Gasteiger partial charge is 0.487 e. The fourth-order valence-corrected chi connectivity index (χ4v) is 3.09. The maximum Gasteiger partial charge on any atom is 0.259 e. The number of pyridine rings is 2. The van der Waals surface area contributed by atoms with Gasteiger partial charge >= 0.3 is 0 Å². The molecule has 0 fully saturated rings. The smallest absolute Gasteiger partial charge is 0.259 e. The van der Waals surface area contributed by atoms with Crippen molar-refractivity contribution in [2.24, 2.45) is 0 Å². The van der Waals surface area contributed by atoms with Gasteiger partial charge in [0.2, 0.25) is 0 Å². The summed E-state index contributed by atoms with van der Waals surface area (Å²) in [6.07, 6.45) is 1.73. The molecule has 1 amide bonds. The number of hydrogen-bond donors (Lipinski definition) is 1. The van der Waals surface area contributed by atoms with Crippen LogP contribution in [0.5, 0.6) is 5.75 Å². The van der Waals surface area contributed by atoms with E-state index >= 15 is 0 Å². The lowest BCUT2D eigenvalue weighted by Gasteiger charge is -2.11. The first-order valence-electron chi connectivity index (χ1n) is 9.72. The number of ether oxygens (including phenoxy) is 1. The van der Waals surface area contributed by atoms with Gasteiger partial charge in [0.1, 0.15) is 12.4 Å². The van der Waals surface area contributed by atoms with Crippen molar-refractivity contribution in [3.8, 4) is 5.75 Å². The van der Waals surface area contributed by atoms with E-state index in [1.165, 1.54) is 0 Å². The summed E-state index contributed by atoms with van der Waals surface area (Å²) in [5.74, 6) is 0.537. The van der Waals surface area contributed by atoms with Crippen molar-refractivity contribution in [1.82, 2.24) is 15.1 Å². The highest BCUT2D eigenvalue weighted by molar-refractivity contribution is 6.12. The Kier molecular flexibility index (Phi) is 5.43. The van der Waals surface area contributed by atoms with Crippen LogP contribution >= 0.6 is 0 Å². The zero-order valence-electron chi connectivity index (χ0n) is 17.0. The summed E-state index contributed by atoms with van der Waals surface area (Å²) in [4.78, 5) is 21.8. The molecule has 152 valence electrons. The Balaban J connectivity index is 1.56. The lowest BCUT2D eigenvalue weighted by molar-refractivity contribution is 0.102. The molecule has 4 rings (SSSR count). The molecule has 1 aromatic carbocycles. The SMILES string of the molecule is Cc1noc2nc(C(C)C)cc(C(=O)Nc3cccc(OCc4ccccn4)c3)c12. The molecule has 0 aliphatic rings. The monoisotopic (exact) mass is 402 g/mol. The fourth-order valence-electron chi connectivity index (χ4n) is 3.09. The number of nitrogens with zero attached hydrogens (tertiary/aromatic N) is 3. The van der Waals surface area contributed by atoms with Crippen LogP contribution in [0.1, 0.15) is 47.2 Å². The van der Waals surface area contributed by atoms with Gasteiger partial charge in [-0.15, -0.1) is 0 Å². The first-order valence-corrected chi connectivity index (χ1v) is 9.72. The van der Waals surface area contributed by atoms with E-state index in [1.807, 2.05) is 50.2 Å². The van der Waals surface area contributed by atoms with E-state index in [-0.39, 0.29) is 11.8 Å². The summed E-state index contributed by atoms with van der Waals surface area (Å²) in [6.45, 7) is 6.18. The molecule has 0 saturated carbocycles. The maximum absolute atomic E-state index is 13.1. The number of hydrogen-bond acceptors (Lipinski definition) is 6. The van der Waals surface area contributed by atoms with E-state index in [1.54, 1.807) is 25.3 Å². The van der Waals surface area contributed by atoms with Crippen LogP contribution in [0, 0.1) is 6.92 Å². The summed E-state index contributed by atoms with van der Waals surface area (Å²) in [5.41, 5.74) is 3.72. The number of carbonyl (C=O) groups excluding carboxylic acids is 1. The summed E-state index contributed by atoms with van der Waals surface area (Å²) < 4.78 is 11.1. The van der Waals surface area contributed by atoms with Gasteiger partial charge < -0.3 is 14.6 Å². The van der Waals surface area contributed by atoms with Crippen molar-refractivity contribution in [3.63, 3.8) is 0 Å². The maximum atomic E-state index is 13.1. The predicted molar refractivity (Wildman–Crippen MR) is 114 cm³/mol. The molecular weight excluding hydrogens is 380 g/mol. The number of fused-ring (bicyclic) bond motifs is 1. The van der Waals surface area contributed by atoms with E-state index in [4.69, 9.17) is 9.26 Å². The molecular formula is C23H22N4O3. The van der Waals surface area contributed by atoms with Crippen LogP contribution in [0.3, 0.4) is 0 Å². The molecule has 0 aliphatic carbocycles. The second-order valence-corrected chi connectivity index (χ2v) is 7.29. The molecule has 0 bridgehead atoms. The molecule has 3 aromatic heterocycles. The number of aryl methyl sites for hydroxylation is 1. The van der Waals surface area contributed by atoms with Crippen molar-refractivity contribution in [3.05, 3.63) is 77.4 Å². The number of nitrogens with one attached hydrogen (secondary N) is 1. The van der Waals surface area contributed by atoms with E-state index in [2.05, 4.69) is 20.4 Å². The number of amides is 1. The lowest BCUT2D eigenvalue weighted by Crippen LogP contribution is -2.14. The van der Waals surface area contributed by atoms with Crippen LogP contribution in [0.4, 0.5) is 5.69 Å². The first kappa shape index (κ1) is 19.6. The predicted octanol–water partition coefficient (Wildman–Crippen LogP) is 4.88. The van der Waals surface area contributed by atoms with Gasteiger partial charge in [0.05, 0.1) is 22.3 Å². The molecule has 7 heteroatoms. The molecule has 3 heterocycles. The molecule has 0 aliphatic heterocycles. The fraction of sp³-hybridized carbons (Fsp3) is 0.217. The summed E-state index contributed by atoms with van der Waals surface area (Å²) in [6, 6.07) is 14.7. The number of aromatic nitrogens is 3. The average molecular weight is 402 g/mol. The van der Waals surface area contributed by atoms with Gasteiger partial charge in [-0.2, -0.15) is 0 Å². The third kappa shape index (κ3) is 4.15. The van der Waals surface area contributed by atoms with Gasteiger partial charge in [-0.1, -0.05) is 31.1 Å². The molecule has 7 nitrogen and oxygen atoms in total. The molecule has 0 atom stereocenters. The van der Waals surface area contributed by atoms with Crippen molar-refractivity contribution in [2.75, 3.05) is 5.32 Å². The van der Waals surface area contributed by atoms with E-state index in [0.717, 1.165) is 11.4 Å². The van der Waals surface area contributed by atoms with Gasteiger partial charge in [0, 0.05) is 23.6 Å². The van der Waals surface area contributed by atoms with Crippen molar-refractivity contribution < 1.29 is 14.1 Å². The molecule has 4 aromatic rings. The highest BCUT2D eigenvalue weighted by atomic mass is 16.5. The Hall–Kier alpha value is -3.74. The standard InChI is InChI=1S/C23H22N4O3/c1-14(2)20-12-19(21-15(3)27-30-23(21)26-20)22(28)25-16-8-6-9-18(11-16)29-13-17-7-4-5-10-24-17/h4-12,14H,13H2,1-3H3,(H,25,28).